The summed E-state index contributed by atoms with van der Waals surface area (Å²) in [5.41, 5.74) is -0.843. The van der Waals surface area contributed by atoms with E-state index in [0.717, 1.165) is 17.0 Å². The number of fused-ring (bicyclic) bond motifs is 1. The molecule has 1 aliphatic heterocycles. The third-order valence-electron chi connectivity index (χ3n) is 5.64. The average molecular weight is 523 g/mol. The molecule has 0 radical (unpaired) electrons. The fraction of sp³-hybridized carbons (Fsp3) is 0.192. The van der Waals surface area contributed by atoms with Crippen molar-refractivity contribution in [1.29, 1.82) is 0 Å². The number of aryl methyl sites for hydroxylation is 2. The number of rotatable bonds is 5. The zero-order valence-corrected chi connectivity index (χ0v) is 19.3. The summed E-state index contributed by atoms with van der Waals surface area (Å²) in [5, 5.41) is 13.2. The van der Waals surface area contributed by atoms with E-state index >= 15 is 0 Å². The predicted molar refractivity (Wildman–Crippen MR) is 126 cm³/mol. The number of carbonyl (C=O) groups excluding carboxylic acids is 1. The van der Waals surface area contributed by atoms with E-state index in [-0.39, 0.29) is 35.8 Å². The molecule has 0 saturated carbocycles. The third-order valence-corrected chi connectivity index (χ3v) is 6.74. The number of benzene rings is 3. The first kappa shape index (κ1) is 25.7. The van der Waals surface area contributed by atoms with Crippen LogP contribution in [0.5, 0.6) is 0 Å². The summed E-state index contributed by atoms with van der Waals surface area (Å²) in [6, 6.07) is 15.2. The molecule has 0 spiro atoms. The van der Waals surface area contributed by atoms with Crippen molar-refractivity contribution in [3.63, 3.8) is 0 Å². The minimum absolute atomic E-state index is 0.0317. The maximum absolute atomic E-state index is 13.1. The molecule has 0 bridgehead atoms. The van der Waals surface area contributed by atoms with Crippen LogP contribution in [-0.2, 0) is 30.0 Å². The Morgan fingerprint density at radius 3 is 2.03 bits per heavy atom. The Kier molecular flexibility index (Phi) is 7.08. The number of hydrogen-bond donors (Lipinski definition) is 2. The van der Waals surface area contributed by atoms with Gasteiger partial charge in [0.25, 0.3) is 5.91 Å². The van der Waals surface area contributed by atoms with Gasteiger partial charge in [-0.3, -0.25) is 4.79 Å². The highest BCUT2D eigenvalue weighted by atomic mass is 32.2. The molecule has 2 N–H and O–H groups in total. The molecule has 0 atom stereocenters. The Bertz CT molecular complexity index is 1280. The number of carbonyl (C=O) groups is 1. The second kappa shape index (κ2) is 9.93. The largest absolute Gasteiger partial charge is 0.507 e. The van der Waals surface area contributed by atoms with Crippen molar-refractivity contribution in [3.8, 4) is 0 Å². The summed E-state index contributed by atoms with van der Waals surface area (Å²) in [5.74, 6) is -0.257. The second-order valence-electron chi connectivity index (χ2n) is 8.18. The lowest BCUT2D eigenvalue weighted by atomic mass is 9.99. The van der Waals surface area contributed by atoms with E-state index in [1.807, 2.05) is 12.1 Å². The minimum atomic E-state index is -4.89. The van der Waals surface area contributed by atoms with Gasteiger partial charge in [0.05, 0.1) is 16.7 Å². The SMILES string of the molecule is O=C(Nc1ccc(CCc2cc(C(F)(F)F)cc(C(F)(F)F)c2)cc1)C1=C(O)c2ccccc2SC1. The Hall–Kier alpha value is -3.40. The van der Waals surface area contributed by atoms with Crippen LogP contribution in [0.4, 0.5) is 32.0 Å². The van der Waals surface area contributed by atoms with Crippen LogP contribution in [0.15, 0.2) is 77.2 Å². The van der Waals surface area contributed by atoms with E-state index in [2.05, 4.69) is 5.32 Å². The monoisotopic (exact) mass is 523 g/mol. The van der Waals surface area contributed by atoms with E-state index in [0.29, 0.717) is 22.6 Å². The molecule has 0 saturated heterocycles. The van der Waals surface area contributed by atoms with Crippen LogP contribution in [0.3, 0.4) is 0 Å². The maximum Gasteiger partial charge on any atom is 0.416 e. The Morgan fingerprint density at radius 1 is 0.833 bits per heavy atom. The number of aliphatic hydroxyl groups excluding tert-OH is 1. The van der Waals surface area contributed by atoms with E-state index in [9.17, 15) is 36.2 Å². The van der Waals surface area contributed by atoms with E-state index in [4.69, 9.17) is 0 Å². The number of halogens is 6. The molecule has 1 aliphatic rings. The van der Waals surface area contributed by atoms with Gasteiger partial charge < -0.3 is 10.4 Å². The minimum Gasteiger partial charge on any atom is -0.507 e. The van der Waals surface area contributed by atoms with Gasteiger partial charge in [0.1, 0.15) is 5.76 Å². The van der Waals surface area contributed by atoms with Crippen molar-refractivity contribution in [3.05, 3.63) is 100 Å². The van der Waals surface area contributed by atoms with Gasteiger partial charge in [-0.2, -0.15) is 26.3 Å². The zero-order chi connectivity index (χ0) is 26.1. The normalized spacial score (nSPS) is 13.9. The van der Waals surface area contributed by atoms with Crippen molar-refractivity contribution in [2.45, 2.75) is 30.1 Å². The third kappa shape index (κ3) is 5.87. The molecular weight excluding hydrogens is 504 g/mol. The van der Waals surface area contributed by atoms with Gasteiger partial charge >= 0.3 is 12.4 Å². The number of nitrogens with one attached hydrogen (secondary N) is 1. The Morgan fingerprint density at radius 2 is 1.42 bits per heavy atom. The van der Waals surface area contributed by atoms with Crippen molar-refractivity contribution in [2.75, 3.05) is 11.1 Å². The molecule has 0 aromatic heterocycles. The van der Waals surface area contributed by atoms with Gasteiger partial charge in [0.2, 0.25) is 0 Å². The highest BCUT2D eigenvalue weighted by molar-refractivity contribution is 7.99. The van der Waals surface area contributed by atoms with E-state index < -0.39 is 29.4 Å². The number of amides is 1. The first-order chi connectivity index (χ1) is 16.9. The van der Waals surface area contributed by atoms with Crippen molar-refractivity contribution < 1.29 is 36.2 Å². The molecule has 188 valence electrons. The summed E-state index contributed by atoms with van der Waals surface area (Å²) in [6.07, 6.45) is -9.61. The molecule has 0 aliphatic carbocycles. The van der Waals surface area contributed by atoms with Gasteiger partial charge in [-0.05, 0) is 60.4 Å². The van der Waals surface area contributed by atoms with E-state index in [1.165, 1.54) is 11.8 Å². The molecule has 3 aromatic rings. The van der Waals surface area contributed by atoms with Gasteiger partial charge in [-0.1, -0.05) is 30.3 Å². The van der Waals surface area contributed by atoms with Gasteiger partial charge in [0, 0.05) is 21.9 Å². The molecule has 1 amide bonds. The van der Waals surface area contributed by atoms with E-state index in [1.54, 1.807) is 36.4 Å². The molecule has 0 fully saturated rings. The predicted octanol–water partition coefficient (Wildman–Crippen LogP) is 7.52. The van der Waals surface area contributed by atoms with Crippen LogP contribution in [-0.4, -0.2) is 16.8 Å². The van der Waals surface area contributed by atoms with Crippen LogP contribution in [0.2, 0.25) is 0 Å². The fourth-order valence-electron chi connectivity index (χ4n) is 3.76. The second-order valence-corrected chi connectivity index (χ2v) is 9.19. The van der Waals surface area contributed by atoms with Crippen molar-refractivity contribution >= 4 is 29.1 Å². The number of aliphatic hydroxyl groups is 1. The van der Waals surface area contributed by atoms with Gasteiger partial charge in [-0.15, -0.1) is 11.8 Å². The van der Waals surface area contributed by atoms with Gasteiger partial charge in [-0.25, -0.2) is 0 Å². The molecule has 3 aromatic carbocycles. The summed E-state index contributed by atoms with van der Waals surface area (Å²) >= 11 is 1.43. The number of anilines is 1. The molecule has 10 heteroatoms. The highest BCUT2D eigenvalue weighted by Crippen LogP contribution is 2.37. The summed E-state index contributed by atoms with van der Waals surface area (Å²) in [4.78, 5) is 13.6. The van der Waals surface area contributed by atoms with Gasteiger partial charge in [0.15, 0.2) is 0 Å². The lowest BCUT2D eigenvalue weighted by Gasteiger charge is -2.18. The first-order valence-corrected chi connectivity index (χ1v) is 11.7. The molecule has 3 nitrogen and oxygen atoms in total. The molecule has 1 heterocycles. The number of thioether (sulfide) groups is 1. The maximum atomic E-state index is 13.1. The summed E-state index contributed by atoms with van der Waals surface area (Å²) in [6.45, 7) is 0. The van der Waals surface area contributed by atoms with Crippen molar-refractivity contribution in [1.82, 2.24) is 0 Å². The lowest BCUT2D eigenvalue weighted by molar-refractivity contribution is -0.143. The van der Waals surface area contributed by atoms with Crippen LogP contribution < -0.4 is 5.32 Å². The summed E-state index contributed by atoms with van der Waals surface area (Å²) in [7, 11) is 0. The average Bonchev–Trinajstić information content (AvgIpc) is 2.82. The summed E-state index contributed by atoms with van der Waals surface area (Å²) < 4.78 is 78.3. The zero-order valence-electron chi connectivity index (χ0n) is 18.5. The topological polar surface area (TPSA) is 49.3 Å². The molecular formula is C26H19F6NO2S. The first-order valence-electron chi connectivity index (χ1n) is 10.7. The smallest absolute Gasteiger partial charge is 0.416 e. The van der Waals surface area contributed by atoms with Crippen LogP contribution in [0.1, 0.15) is 27.8 Å². The van der Waals surface area contributed by atoms with Crippen LogP contribution in [0.25, 0.3) is 5.76 Å². The molecule has 36 heavy (non-hydrogen) atoms. The standard InChI is InChI=1S/C26H19F6NO2S/c27-25(28,29)17-11-16(12-18(13-17)26(30,31)32)6-5-15-7-9-19(10-8-15)33-24(35)21-14-36-22-4-2-1-3-20(22)23(21)34/h1-4,7-13,34H,5-6,14H2,(H,33,35). The Labute approximate surface area is 206 Å². The fourth-order valence-corrected chi connectivity index (χ4v) is 4.82. The molecule has 4 rings (SSSR count). The molecule has 0 unspecified atom stereocenters. The lowest BCUT2D eigenvalue weighted by Crippen LogP contribution is -2.19. The highest BCUT2D eigenvalue weighted by Gasteiger charge is 2.36. The quantitative estimate of drug-likeness (QED) is 0.340. The van der Waals surface area contributed by atoms with Crippen LogP contribution >= 0.6 is 11.8 Å². The number of alkyl halides is 6. The number of hydrogen-bond acceptors (Lipinski definition) is 3. The Balaban J connectivity index is 1.44. The van der Waals surface area contributed by atoms with Crippen molar-refractivity contribution in [2.24, 2.45) is 0 Å². The van der Waals surface area contributed by atoms with Crippen LogP contribution in [0, 0.1) is 0 Å².